The van der Waals surface area contributed by atoms with E-state index in [0.717, 1.165) is 11.1 Å². The number of hydrogen-bond donors (Lipinski definition) is 1. The van der Waals surface area contributed by atoms with E-state index in [1.165, 1.54) is 0 Å². The van der Waals surface area contributed by atoms with Crippen LogP contribution in [-0.2, 0) is 16.1 Å². The number of nitrogens with zero attached hydrogens (tertiary/aromatic N) is 1. The molecule has 2 aromatic rings. The van der Waals surface area contributed by atoms with Gasteiger partial charge in [-0.2, -0.15) is 0 Å². The Balaban J connectivity index is 2.20. The fourth-order valence-corrected chi connectivity index (χ4v) is 3.31. The number of hydrogen-bond acceptors (Lipinski definition) is 4. The van der Waals surface area contributed by atoms with Gasteiger partial charge in [-0.15, -0.1) is 0 Å². The van der Waals surface area contributed by atoms with Crippen molar-refractivity contribution in [3.8, 4) is 11.5 Å². The van der Waals surface area contributed by atoms with Crippen molar-refractivity contribution in [2.75, 3.05) is 20.3 Å². The second-order valence-electron chi connectivity index (χ2n) is 8.67. The number of carbonyl (C=O) groups is 2. The molecular weight excluding hydrogens is 404 g/mol. The molecule has 1 atom stereocenters. The number of rotatable bonds is 11. The molecule has 0 fully saturated rings. The van der Waals surface area contributed by atoms with Crippen molar-refractivity contribution < 1.29 is 19.1 Å². The summed E-state index contributed by atoms with van der Waals surface area (Å²) < 4.78 is 11.2. The zero-order valence-electron chi connectivity index (χ0n) is 20.1. The zero-order chi connectivity index (χ0) is 23.7. The molecule has 0 unspecified atom stereocenters. The topological polar surface area (TPSA) is 67.9 Å². The Kier molecular flexibility index (Phi) is 9.57. The quantitative estimate of drug-likeness (QED) is 0.563. The molecule has 0 aliphatic rings. The Bertz CT molecular complexity index is 895. The maximum atomic E-state index is 13.2. The number of para-hydroxylation sites is 1. The molecule has 0 heterocycles. The van der Waals surface area contributed by atoms with Crippen molar-refractivity contribution in [2.45, 2.75) is 53.1 Å². The van der Waals surface area contributed by atoms with Gasteiger partial charge in [0.15, 0.2) is 6.61 Å². The van der Waals surface area contributed by atoms with Gasteiger partial charge in [0, 0.05) is 13.1 Å². The average Bonchev–Trinajstić information content (AvgIpc) is 2.79. The number of carbonyl (C=O) groups excluding carboxylic acids is 2. The minimum atomic E-state index is -0.642. The monoisotopic (exact) mass is 440 g/mol. The van der Waals surface area contributed by atoms with Gasteiger partial charge in [-0.25, -0.2) is 0 Å². The van der Waals surface area contributed by atoms with E-state index in [4.69, 9.17) is 9.47 Å². The van der Waals surface area contributed by atoms with E-state index >= 15 is 0 Å². The molecule has 32 heavy (non-hydrogen) atoms. The lowest BCUT2D eigenvalue weighted by molar-refractivity contribution is -0.142. The SMILES string of the molecule is COc1cccc(CN(C(=O)COc2ccccc2C(C)C)[C@@H](C)C(=O)NCC(C)C)c1. The molecule has 0 spiro atoms. The van der Waals surface area contributed by atoms with Gasteiger partial charge in [0.2, 0.25) is 5.91 Å². The summed E-state index contributed by atoms with van der Waals surface area (Å²) in [6, 6.07) is 14.6. The van der Waals surface area contributed by atoms with Crippen molar-refractivity contribution in [2.24, 2.45) is 5.92 Å². The first-order valence-corrected chi connectivity index (χ1v) is 11.1. The molecule has 174 valence electrons. The minimum Gasteiger partial charge on any atom is -0.497 e. The lowest BCUT2D eigenvalue weighted by Crippen LogP contribution is -2.49. The predicted octanol–water partition coefficient (Wildman–Crippen LogP) is 4.39. The van der Waals surface area contributed by atoms with Gasteiger partial charge in [-0.3, -0.25) is 9.59 Å². The molecule has 0 radical (unpaired) electrons. The summed E-state index contributed by atoms with van der Waals surface area (Å²) in [5, 5.41) is 2.93. The van der Waals surface area contributed by atoms with Crippen LogP contribution in [-0.4, -0.2) is 43.0 Å². The van der Waals surface area contributed by atoms with E-state index < -0.39 is 6.04 Å². The first-order valence-electron chi connectivity index (χ1n) is 11.1. The lowest BCUT2D eigenvalue weighted by Gasteiger charge is -2.29. The van der Waals surface area contributed by atoms with Crippen LogP contribution in [0.5, 0.6) is 11.5 Å². The lowest BCUT2D eigenvalue weighted by atomic mass is 10.0. The summed E-state index contributed by atoms with van der Waals surface area (Å²) in [7, 11) is 1.60. The summed E-state index contributed by atoms with van der Waals surface area (Å²) in [5.74, 6) is 1.55. The molecule has 0 saturated heterocycles. The van der Waals surface area contributed by atoms with Crippen LogP contribution in [0.15, 0.2) is 48.5 Å². The van der Waals surface area contributed by atoms with Gasteiger partial charge in [-0.1, -0.05) is 58.0 Å². The van der Waals surface area contributed by atoms with Gasteiger partial charge < -0.3 is 19.7 Å². The third kappa shape index (κ3) is 7.29. The Labute approximate surface area is 191 Å². The van der Waals surface area contributed by atoms with Gasteiger partial charge in [0.05, 0.1) is 7.11 Å². The maximum absolute atomic E-state index is 13.2. The van der Waals surface area contributed by atoms with E-state index in [1.807, 2.05) is 62.4 Å². The van der Waals surface area contributed by atoms with Crippen molar-refractivity contribution in [1.29, 1.82) is 0 Å². The molecule has 2 aromatic carbocycles. The highest BCUT2D eigenvalue weighted by molar-refractivity contribution is 5.88. The smallest absolute Gasteiger partial charge is 0.261 e. The number of methoxy groups -OCH3 is 1. The molecule has 6 nitrogen and oxygen atoms in total. The van der Waals surface area contributed by atoms with Crippen LogP contribution in [0.25, 0.3) is 0 Å². The first-order chi connectivity index (χ1) is 15.2. The average molecular weight is 441 g/mol. The summed E-state index contributed by atoms with van der Waals surface area (Å²) >= 11 is 0. The standard InChI is InChI=1S/C26H36N2O4/c1-18(2)15-27-26(30)20(5)28(16-21-10-9-11-22(14-21)31-6)25(29)17-32-24-13-8-7-12-23(24)19(3)4/h7-14,18-20H,15-17H2,1-6H3,(H,27,30)/t20-/m0/s1. The Morgan fingerprint density at radius 3 is 2.38 bits per heavy atom. The summed E-state index contributed by atoms with van der Waals surface area (Å²) in [6.07, 6.45) is 0. The van der Waals surface area contributed by atoms with E-state index in [9.17, 15) is 9.59 Å². The third-order valence-electron chi connectivity index (χ3n) is 5.23. The Hall–Kier alpha value is -3.02. The van der Waals surface area contributed by atoms with Crippen LogP contribution in [0, 0.1) is 5.92 Å². The van der Waals surface area contributed by atoms with Crippen LogP contribution in [0.2, 0.25) is 0 Å². The van der Waals surface area contributed by atoms with Crippen LogP contribution in [0.1, 0.15) is 51.7 Å². The van der Waals surface area contributed by atoms with Crippen LogP contribution in [0.4, 0.5) is 0 Å². The van der Waals surface area contributed by atoms with Crippen molar-refractivity contribution in [3.05, 3.63) is 59.7 Å². The second kappa shape index (κ2) is 12.1. The minimum absolute atomic E-state index is 0.143. The fraction of sp³-hybridized carbons (Fsp3) is 0.462. The summed E-state index contributed by atoms with van der Waals surface area (Å²) in [5.41, 5.74) is 1.92. The molecule has 0 saturated carbocycles. The fourth-order valence-electron chi connectivity index (χ4n) is 3.31. The van der Waals surface area contributed by atoms with Crippen LogP contribution < -0.4 is 14.8 Å². The Morgan fingerprint density at radius 2 is 1.72 bits per heavy atom. The third-order valence-corrected chi connectivity index (χ3v) is 5.23. The molecule has 2 amide bonds. The molecule has 0 aliphatic carbocycles. The maximum Gasteiger partial charge on any atom is 0.261 e. The summed E-state index contributed by atoms with van der Waals surface area (Å²) in [6.45, 7) is 10.7. The molecule has 2 rings (SSSR count). The van der Waals surface area contributed by atoms with E-state index in [2.05, 4.69) is 19.2 Å². The predicted molar refractivity (Wildman–Crippen MR) is 127 cm³/mol. The normalized spacial score (nSPS) is 11.9. The number of ether oxygens (including phenoxy) is 2. The molecule has 6 heteroatoms. The molecule has 0 bridgehead atoms. The summed E-state index contributed by atoms with van der Waals surface area (Å²) in [4.78, 5) is 27.5. The van der Waals surface area contributed by atoms with Crippen molar-refractivity contribution in [3.63, 3.8) is 0 Å². The Morgan fingerprint density at radius 1 is 1.00 bits per heavy atom. The van der Waals surface area contributed by atoms with Gasteiger partial charge in [0.1, 0.15) is 17.5 Å². The number of nitrogens with one attached hydrogen (secondary N) is 1. The second-order valence-corrected chi connectivity index (χ2v) is 8.67. The first kappa shape index (κ1) is 25.2. The van der Waals surface area contributed by atoms with Crippen LogP contribution >= 0.6 is 0 Å². The molecular formula is C26H36N2O4. The van der Waals surface area contributed by atoms with Crippen LogP contribution in [0.3, 0.4) is 0 Å². The van der Waals surface area contributed by atoms with Crippen molar-refractivity contribution >= 4 is 11.8 Å². The number of benzene rings is 2. The zero-order valence-corrected chi connectivity index (χ0v) is 20.1. The molecule has 1 N–H and O–H groups in total. The van der Waals surface area contributed by atoms with Crippen molar-refractivity contribution in [1.82, 2.24) is 10.2 Å². The largest absolute Gasteiger partial charge is 0.497 e. The highest BCUT2D eigenvalue weighted by atomic mass is 16.5. The molecule has 0 aromatic heterocycles. The number of amides is 2. The van der Waals surface area contributed by atoms with E-state index in [1.54, 1.807) is 18.9 Å². The van der Waals surface area contributed by atoms with E-state index in [-0.39, 0.29) is 30.9 Å². The van der Waals surface area contributed by atoms with E-state index in [0.29, 0.717) is 24.0 Å². The van der Waals surface area contributed by atoms with Gasteiger partial charge in [-0.05, 0) is 48.1 Å². The van der Waals surface area contributed by atoms with Gasteiger partial charge in [0.25, 0.3) is 5.91 Å². The van der Waals surface area contributed by atoms with Gasteiger partial charge >= 0.3 is 0 Å². The highest BCUT2D eigenvalue weighted by Gasteiger charge is 2.27. The molecule has 0 aliphatic heterocycles. The highest BCUT2D eigenvalue weighted by Crippen LogP contribution is 2.26.